The van der Waals surface area contributed by atoms with Crippen LogP contribution in [-0.2, 0) is 42.9 Å². The Morgan fingerprint density at radius 2 is 0.597 bits per heavy atom. The molecule has 2 atom stereocenters. The van der Waals surface area contributed by atoms with Gasteiger partial charge in [-0.1, -0.05) is 446 Å². The van der Waals surface area contributed by atoms with E-state index in [-0.39, 0.29) is 211 Å². The van der Waals surface area contributed by atoms with Crippen molar-refractivity contribution in [1.29, 1.82) is 0 Å². The summed E-state index contributed by atoms with van der Waals surface area (Å²) in [5.74, 6) is 0.898. The number of aliphatic hydroxyl groups is 2. The van der Waals surface area contributed by atoms with Crippen molar-refractivity contribution >= 4 is 184 Å². The van der Waals surface area contributed by atoms with E-state index >= 15 is 0 Å². The van der Waals surface area contributed by atoms with E-state index < -0.39 is 76.5 Å². The van der Waals surface area contributed by atoms with Crippen LogP contribution in [0.15, 0.2) is 400 Å². The average molecular weight is 2380 g/mol. The molecule has 0 aliphatic carbocycles. The first kappa shape index (κ1) is 121. The van der Waals surface area contributed by atoms with Gasteiger partial charge in [0.25, 0.3) is 6.47 Å². The fraction of sp³-hybridized carbons (Fsp3) is 0.117. The molecule has 36 heteroatoms. The number of rotatable bonds is 27. The summed E-state index contributed by atoms with van der Waals surface area (Å²) in [4.78, 5) is 19.2. The van der Waals surface area contributed by atoms with Crippen LogP contribution in [0.1, 0.15) is 25.9 Å². The Balaban J connectivity index is 0.000000287. The molecule has 17 nitrogen and oxygen atoms in total. The quantitative estimate of drug-likeness (QED) is 0.00452. The molecule has 0 saturated carbocycles. The van der Waals surface area contributed by atoms with Crippen LogP contribution in [-0.4, -0.2) is 115 Å². The van der Waals surface area contributed by atoms with Crippen LogP contribution < -0.4 is 234 Å². The van der Waals surface area contributed by atoms with Crippen LogP contribution in [0.25, 0.3) is 11.3 Å². The first-order chi connectivity index (χ1) is 65.8. The van der Waals surface area contributed by atoms with E-state index in [9.17, 15) is 26.3 Å². The Morgan fingerprint density at radius 3 is 0.813 bits per heavy atom. The number of benzene rings is 14. The summed E-state index contributed by atoms with van der Waals surface area (Å²) in [6.07, 6.45) is -12.3. The molecule has 2 aromatic heterocycles. The summed E-state index contributed by atoms with van der Waals surface area (Å²) in [5.41, 5.74) is 12.3. The molecule has 0 spiro atoms. The largest absolute Gasteiger partial charge is 1.00 e. The van der Waals surface area contributed by atoms with Crippen LogP contribution in [0.5, 0.6) is 0 Å². The number of aryl methyl sites for hydroxylation is 2. The summed E-state index contributed by atoms with van der Waals surface area (Å²) < 4.78 is 72.3. The summed E-state index contributed by atoms with van der Waals surface area (Å²) >= 11 is 28.9. The Labute approximate surface area is 969 Å². The number of nitrogens with one attached hydrogen (secondary N) is 2. The van der Waals surface area contributed by atoms with Crippen molar-refractivity contribution in [3.8, 4) is 11.3 Å². The minimum atomic E-state index is -4.63. The van der Waals surface area contributed by atoms with Gasteiger partial charge in [-0.05, 0) is 133 Å². The van der Waals surface area contributed by atoms with Crippen molar-refractivity contribution in [3.63, 3.8) is 0 Å². The summed E-state index contributed by atoms with van der Waals surface area (Å²) in [7, 11) is -3.35. The SMILES string of the molecule is Nc1nc(CCCNC[C@H](O)C(F)(F)F)nnc1-c1cccc(Cl)c1Cl.Nc1nc(CCCNC[C@H](O)C(F)(F)F)nnc1Cl.O=CO[O-].OB(O)c1cccc(Cl)c1Cl.[Cs+].[Cs+].[H-].[Pd].c1ccc(P(c2ccccc2)c2ccccc2)cc1.c1ccc(P(c2ccccc2)c2ccccc2)cc1.c1ccc(P(c2ccccc2)c2ccccc2)cc1.c1ccc(P(c2ccccc2)c2ccccc2)cc1. The number of carbonyl (C=O) groups excluding carboxylic acids is 1. The zero-order valence-electron chi connectivity index (χ0n) is 76.2. The molecule has 0 radical (unpaired) electrons. The van der Waals surface area contributed by atoms with E-state index in [2.05, 4.69) is 410 Å². The third-order valence-corrected chi connectivity index (χ3v) is 30.8. The second-order valence-corrected chi connectivity index (χ2v) is 39.6. The van der Waals surface area contributed by atoms with Gasteiger partial charge in [-0.15, -0.1) is 20.4 Å². The Morgan fingerprint density at radius 1 is 0.367 bits per heavy atom. The van der Waals surface area contributed by atoms with Crippen LogP contribution in [0.3, 0.4) is 0 Å². The molecule has 0 amide bonds. The zero-order valence-corrected chi connectivity index (χ0v) is 96.7. The first-order valence-corrected chi connectivity index (χ1v) is 49.4. The van der Waals surface area contributed by atoms with Crippen LogP contribution >= 0.6 is 89.7 Å². The fourth-order valence-electron chi connectivity index (χ4n) is 12.7. The van der Waals surface area contributed by atoms with Crippen LogP contribution in [0.4, 0.5) is 38.0 Å². The summed E-state index contributed by atoms with van der Waals surface area (Å²) in [6.45, 7) is -0.778. The topological polar surface area (TPSA) is 284 Å². The molecule has 0 aliphatic heterocycles. The van der Waals surface area contributed by atoms with Crippen molar-refractivity contribution in [1.82, 2.24) is 41.0 Å². The number of aromatic nitrogens is 6. The number of hydrogen-bond donors (Lipinski definition) is 8. The van der Waals surface area contributed by atoms with Crippen LogP contribution in [0.2, 0.25) is 25.2 Å². The molecule has 0 fully saturated rings. The Bertz CT molecular complexity index is 5270. The predicted molar refractivity (Wildman–Crippen MR) is 551 cm³/mol. The fourth-order valence-corrected chi connectivity index (χ4v) is 22.8. The van der Waals surface area contributed by atoms with Gasteiger partial charge in [0.15, 0.2) is 40.6 Å². The van der Waals surface area contributed by atoms with Gasteiger partial charge >= 0.3 is 157 Å². The van der Waals surface area contributed by atoms with Gasteiger partial charge < -0.3 is 53.9 Å². The summed E-state index contributed by atoms with van der Waals surface area (Å²) in [5, 5.41) is 81.6. The van der Waals surface area contributed by atoms with E-state index in [1.807, 2.05) is 0 Å². The maximum atomic E-state index is 12.1. The van der Waals surface area contributed by atoms with E-state index in [4.69, 9.17) is 99.8 Å². The number of anilines is 2. The molecule has 14 aromatic carbocycles. The minimum absolute atomic E-state index is 0. The second-order valence-electron chi connectivity index (χ2n) is 28.8. The molecule has 0 unspecified atom stereocenters. The zero-order chi connectivity index (χ0) is 97.3. The molecule has 16 aromatic rings. The number of hydrogen-bond acceptors (Lipinski definition) is 17. The molecular formula is C103H96BCl5Cs2F6N10O7P4Pd. The Hall–Kier alpha value is -6.53. The van der Waals surface area contributed by atoms with Gasteiger partial charge in [0, 0.05) is 57.4 Å². The number of halogens is 11. The van der Waals surface area contributed by atoms with Gasteiger partial charge in [0.2, 0.25) is 0 Å². The number of nitrogens with two attached hydrogens (primary N) is 2. The maximum Gasteiger partial charge on any atom is 1.00 e. The van der Waals surface area contributed by atoms with E-state index in [1.165, 1.54) is 69.7 Å². The van der Waals surface area contributed by atoms with Gasteiger partial charge in [-0.25, -0.2) is 9.97 Å². The molecule has 139 heavy (non-hydrogen) atoms. The van der Waals surface area contributed by atoms with E-state index in [1.54, 1.807) is 30.3 Å². The van der Waals surface area contributed by atoms with E-state index in [0.717, 1.165) is 0 Å². The second kappa shape index (κ2) is 67.2. The number of alkyl halides is 6. The molecule has 2 heterocycles. The molecular weight excluding hydrogens is 2290 g/mol. The number of nitrogen functional groups attached to an aromatic ring is 2. The smallest absolute Gasteiger partial charge is 1.00 e. The minimum Gasteiger partial charge on any atom is -1.00 e. The van der Waals surface area contributed by atoms with Crippen LogP contribution in [0, 0.1) is 0 Å². The third-order valence-electron chi connectivity index (χ3n) is 19.1. The van der Waals surface area contributed by atoms with E-state index in [0.29, 0.717) is 58.6 Å². The van der Waals surface area contributed by atoms with Gasteiger partial charge in [-0.3, -0.25) is 4.79 Å². The molecule has 712 valence electrons. The standard InChI is InChI=1S/4C18H15P.C15H16Cl2F3N5O.C9H13ClF3N5O.C6H5BCl2O2.CH2O3.2Cs.Pd.H/c4*1-4-10-16(11-5-1)19(17-12-6-2-7-13-17)18-14-8-3-9-15-18;16-9-4-1-3-8(12(9)17)13-14(21)23-11(24-25-13)5-2-6-22-7-10(26)15(18,19)20;10-7-8(14)16-6(17-18-7)2-1-3-15-4-5(19)9(11,12)13;8-5-3-1-2-4(6(5)9)7(10)11;2-1-4-3;;;;/h4*1-15H;1,3-4,10,22,26H,2,5-7H2,(H2,21,23,24);5,15,19H,1-4H2,(H2,14,16,17);1-3,10-11H;1,3H;;;;/q;;;;;;;;2*+1;;-1/p-1/t;;;;10-;5-;;;;;;/m....00....../s1. The number of aliphatic hydroxyl groups excluding tert-OH is 2. The normalized spacial score (nSPS) is 11.0. The number of nitrogens with zero attached hydrogens (tertiary/aromatic N) is 6. The monoisotopic (exact) mass is 2380 g/mol. The van der Waals surface area contributed by atoms with Crippen molar-refractivity contribution in [2.24, 2.45) is 0 Å². The molecule has 0 bridgehead atoms. The third kappa shape index (κ3) is 42.2. The van der Waals surface area contributed by atoms with Crippen molar-refractivity contribution in [3.05, 3.63) is 437 Å². The molecule has 16 rings (SSSR count). The van der Waals surface area contributed by atoms with Gasteiger partial charge in [0.05, 0.1) is 20.1 Å². The van der Waals surface area contributed by atoms with Gasteiger partial charge in [0.1, 0.15) is 5.69 Å². The number of carbonyl (C=O) groups is 1. The molecule has 10 N–H and O–H groups in total. The van der Waals surface area contributed by atoms with Crippen molar-refractivity contribution in [2.45, 2.75) is 50.2 Å². The molecule has 0 aliphatic rings. The average Bonchev–Trinajstić information content (AvgIpc) is 0.979. The summed E-state index contributed by atoms with van der Waals surface area (Å²) in [6, 6.07) is 139. The molecule has 0 saturated heterocycles. The maximum absolute atomic E-state index is 12.1. The first-order valence-electron chi connectivity index (χ1n) is 42.2. The van der Waals surface area contributed by atoms with Crippen molar-refractivity contribution in [2.75, 3.05) is 37.6 Å². The predicted octanol–water partition coefficient (Wildman–Crippen LogP) is 10.4. The van der Waals surface area contributed by atoms with Gasteiger partial charge in [-0.2, -0.15) is 26.3 Å². The van der Waals surface area contributed by atoms with Crippen molar-refractivity contribution < 1.29 is 221 Å². The Kier molecular flexibility index (Phi) is 58.6.